The summed E-state index contributed by atoms with van der Waals surface area (Å²) in [5.41, 5.74) is 5.25. The van der Waals surface area contributed by atoms with Gasteiger partial charge in [0.15, 0.2) is 17.1 Å². The number of nitrogens with one attached hydrogen (secondary N) is 1. The smallest absolute Gasteiger partial charge is 0.214 e. The summed E-state index contributed by atoms with van der Waals surface area (Å²) >= 11 is 0. The molecule has 1 saturated heterocycles. The number of methoxy groups -OCH3 is 2. The molecule has 1 aromatic carbocycles. The summed E-state index contributed by atoms with van der Waals surface area (Å²) in [6, 6.07) is 7.71. The molecule has 5 rings (SSSR count). The fourth-order valence-corrected chi connectivity index (χ4v) is 6.17. The van der Waals surface area contributed by atoms with E-state index in [-0.39, 0.29) is 11.3 Å². The number of anilines is 1. The molecule has 1 saturated carbocycles. The molecule has 176 valence electrons. The zero-order valence-electron chi connectivity index (χ0n) is 19.3. The molecule has 33 heavy (non-hydrogen) atoms. The van der Waals surface area contributed by atoms with Crippen LogP contribution in [0.5, 0.6) is 11.5 Å². The van der Waals surface area contributed by atoms with E-state index in [2.05, 4.69) is 9.62 Å². The number of ether oxygens (including phenoxy) is 2. The van der Waals surface area contributed by atoms with E-state index in [0.29, 0.717) is 18.0 Å². The van der Waals surface area contributed by atoms with Crippen molar-refractivity contribution in [2.45, 2.75) is 44.4 Å². The first kappa shape index (κ1) is 22.0. The van der Waals surface area contributed by atoms with Crippen molar-refractivity contribution in [1.82, 2.24) is 19.3 Å². The number of imidazole rings is 1. The van der Waals surface area contributed by atoms with Crippen LogP contribution in [0.4, 0.5) is 5.69 Å². The monoisotopic (exact) mass is 471 g/mol. The quantitative estimate of drug-likeness (QED) is 0.566. The Balaban J connectivity index is 1.51. The lowest BCUT2D eigenvalue weighted by Crippen LogP contribution is -2.39. The highest BCUT2D eigenvalue weighted by Gasteiger charge is 2.38. The molecule has 2 aliphatic rings. The van der Waals surface area contributed by atoms with Crippen LogP contribution in [0.15, 0.2) is 24.3 Å². The number of fused-ring (bicyclic) bond motifs is 1. The standard InChI is InChI=1S/C23H29N5O4S/c1-14-11-19(27-10-9-17(13-27)26-33(29,30)18-6-7-18)23-24-15(2)22(28(23)25-14)16-5-8-20(31-3)21(12-16)32-4/h5,8,11-12,17-18,26H,6-7,9-10,13H2,1-4H3/t17-/m1/s1. The fourth-order valence-electron chi connectivity index (χ4n) is 4.56. The second-order valence-electron chi connectivity index (χ2n) is 8.82. The topological polar surface area (TPSA) is 98.1 Å². The largest absolute Gasteiger partial charge is 0.493 e. The van der Waals surface area contributed by atoms with E-state index in [1.54, 1.807) is 14.2 Å². The van der Waals surface area contributed by atoms with Crippen molar-refractivity contribution in [3.05, 3.63) is 35.7 Å². The molecule has 0 unspecified atom stereocenters. The van der Waals surface area contributed by atoms with E-state index < -0.39 is 10.0 Å². The first-order valence-corrected chi connectivity index (χ1v) is 12.7. The molecule has 1 atom stereocenters. The molecule has 1 N–H and O–H groups in total. The summed E-state index contributed by atoms with van der Waals surface area (Å²) < 4.78 is 40.4. The van der Waals surface area contributed by atoms with Crippen LogP contribution < -0.4 is 19.1 Å². The molecule has 3 heterocycles. The number of hydrogen-bond acceptors (Lipinski definition) is 7. The van der Waals surface area contributed by atoms with Gasteiger partial charge in [0.25, 0.3) is 0 Å². The van der Waals surface area contributed by atoms with Crippen LogP contribution in [0, 0.1) is 13.8 Å². The van der Waals surface area contributed by atoms with Crippen molar-refractivity contribution >= 4 is 21.4 Å². The molecule has 0 spiro atoms. The predicted octanol–water partition coefficient (Wildman–Crippen LogP) is 2.69. The average molecular weight is 472 g/mol. The molecule has 1 aliphatic carbocycles. The molecule has 3 aromatic rings. The van der Waals surface area contributed by atoms with Gasteiger partial charge in [-0.25, -0.2) is 22.6 Å². The van der Waals surface area contributed by atoms with Gasteiger partial charge in [-0.15, -0.1) is 0 Å². The van der Waals surface area contributed by atoms with Crippen molar-refractivity contribution in [1.29, 1.82) is 0 Å². The van der Waals surface area contributed by atoms with Gasteiger partial charge in [-0.2, -0.15) is 5.10 Å². The van der Waals surface area contributed by atoms with Gasteiger partial charge in [0.1, 0.15) is 0 Å². The number of sulfonamides is 1. The van der Waals surface area contributed by atoms with Gasteiger partial charge in [0, 0.05) is 24.7 Å². The van der Waals surface area contributed by atoms with Crippen LogP contribution in [-0.4, -0.2) is 61.6 Å². The van der Waals surface area contributed by atoms with Crippen LogP contribution in [0.1, 0.15) is 30.7 Å². The summed E-state index contributed by atoms with van der Waals surface area (Å²) in [7, 11) is 0.0194. The zero-order valence-corrected chi connectivity index (χ0v) is 20.1. The molecule has 1 aliphatic heterocycles. The van der Waals surface area contributed by atoms with E-state index in [1.165, 1.54) is 0 Å². The van der Waals surface area contributed by atoms with Crippen molar-refractivity contribution in [2.24, 2.45) is 0 Å². The molecule has 0 radical (unpaired) electrons. The molecular weight excluding hydrogens is 442 g/mol. The number of hydrogen-bond donors (Lipinski definition) is 1. The van der Waals surface area contributed by atoms with Crippen LogP contribution in [-0.2, 0) is 10.0 Å². The third kappa shape index (κ3) is 4.02. The van der Waals surface area contributed by atoms with Crippen molar-refractivity contribution in [2.75, 3.05) is 32.2 Å². The number of rotatable bonds is 7. The van der Waals surface area contributed by atoms with E-state index in [0.717, 1.165) is 59.8 Å². The van der Waals surface area contributed by atoms with Crippen molar-refractivity contribution in [3.8, 4) is 22.8 Å². The fraction of sp³-hybridized carbons (Fsp3) is 0.478. The molecule has 0 amide bonds. The highest BCUT2D eigenvalue weighted by molar-refractivity contribution is 7.90. The summed E-state index contributed by atoms with van der Waals surface area (Å²) in [6.45, 7) is 5.30. The lowest BCUT2D eigenvalue weighted by Gasteiger charge is -2.20. The number of aromatic nitrogens is 3. The number of benzene rings is 1. The van der Waals surface area contributed by atoms with Gasteiger partial charge in [0.05, 0.1) is 42.2 Å². The van der Waals surface area contributed by atoms with Crippen LogP contribution in [0.25, 0.3) is 16.9 Å². The van der Waals surface area contributed by atoms with Gasteiger partial charge in [-0.1, -0.05) is 0 Å². The summed E-state index contributed by atoms with van der Waals surface area (Å²) in [5.74, 6) is 1.30. The summed E-state index contributed by atoms with van der Waals surface area (Å²) in [4.78, 5) is 7.06. The van der Waals surface area contributed by atoms with Crippen LogP contribution in [0.2, 0.25) is 0 Å². The highest BCUT2D eigenvalue weighted by Crippen LogP contribution is 2.36. The van der Waals surface area contributed by atoms with Crippen molar-refractivity contribution < 1.29 is 17.9 Å². The molecular formula is C23H29N5O4S. The average Bonchev–Trinajstić information content (AvgIpc) is 3.48. The Hall–Kier alpha value is -2.85. The Kier molecular flexibility index (Phi) is 5.44. The van der Waals surface area contributed by atoms with Gasteiger partial charge < -0.3 is 14.4 Å². The lowest BCUT2D eigenvalue weighted by molar-refractivity contribution is 0.355. The third-order valence-corrected chi connectivity index (χ3v) is 8.35. The number of nitrogens with zero attached hydrogens (tertiary/aromatic N) is 4. The molecule has 10 heteroatoms. The Morgan fingerprint density at radius 2 is 1.82 bits per heavy atom. The van der Waals surface area contributed by atoms with E-state index >= 15 is 0 Å². The molecule has 2 fully saturated rings. The Bertz CT molecular complexity index is 1320. The second kappa shape index (κ2) is 8.18. The summed E-state index contributed by atoms with van der Waals surface area (Å²) in [6.07, 6.45) is 2.30. The van der Waals surface area contributed by atoms with Crippen LogP contribution >= 0.6 is 0 Å². The number of aryl methyl sites for hydroxylation is 2. The first-order chi connectivity index (χ1) is 15.8. The Morgan fingerprint density at radius 1 is 1.06 bits per heavy atom. The van der Waals surface area contributed by atoms with Crippen molar-refractivity contribution in [3.63, 3.8) is 0 Å². The molecule has 0 bridgehead atoms. The SMILES string of the molecule is COc1ccc(-c2c(C)nc3c(N4CC[C@@H](NS(=O)(=O)C5CC5)C4)cc(C)nn23)cc1OC. The van der Waals surface area contributed by atoms with E-state index in [9.17, 15) is 8.42 Å². The minimum Gasteiger partial charge on any atom is -0.493 e. The maximum atomic E-state index is 12.4. The first-order valence-electron chi connectivity index (χ1n) is 11.2. The highest BCUT2D eigenvalue weighted by atomic mass is 32.2. The molecule has 2 aromatic heterocycles. The van der Waals surface area contributed by atoms with Gasteiger partial charge in [-0.05, 0) is 57.4 Å². The van der Waals surface area contributed by atoms with Gasteiger partial charge in [0.2, 0.25) is 10.0 Å². The van der Waals surface area contributed by atoms with E-state index in [4.69, 9.17) is 19.6 Å². The minimum absolute atomic E-state index is 0.0921. The van der Waals surface area contributed by atoms with Gasteiger partial charge >= 0.3 is 0 Å². The third-order valence-electron chi connectivity index (χ3n) is 6.34. The van der Waals surface area contributed by atoms with Crippen LogP contribution in [0.3, 0.4) is 0 Å². The van der Waals surface area contributed by atoms with Gasteiger partial charge in [-0.3, -0.25) is 0 Å². The molecule has 9 nitrogen and oxygen atoms in total. The Labute approximate surface area is 193 Å². The predicted molar refractivity (Wildman–Crippen MR) is 127 cm³/mol. The lowest BCUT2D eigenvalue weighted by atomic mass is 10.1. The van der Waals surface area contributed by atoms with E-state index in [1.807, 2.05) is 42.6 Å². The maximum absolute atomic E-state index is 12.4. The second-order valence-corrected chi connectivity index (χ2v) is 10.8. The maximum Gasteiger partial charge on any atom is 0.214 e. The minimum atomic E-state index is -3.21. The zero-order chi connectivity index (χ0) is 23.3. The Morgan fingerprint density at radius 3 is 2.52 bits per heavy atom. The normalized spacial score (nSPS) is 18.8. The summed E-state index contributed by atoms with van der Waals surface area (Å²) in [5, 5.41) is 4.55.